The molecule has 0 unspecified atom stereocenters. The highest BCUT2D eigenvalue weighted by Crippen LogP contribution is 2.28. The number of thiophene rings is 1. The summed E-state index contributed by atoms with van der Waals surface area (Å²) in [5, 5.41) is 8.48. The molecule has 0 fully saturated rings. The molecule has 1 atom stereocenters. The van der Waals surface area contributed by atoms with Gasteiger partial charge in [-0.2, -0.15) is 0 Å². The van der Waals surface area contributed by atoms with Gasteiger partial charge in [0.15, 0.2) is 9.84 Å². The highest BCUT2D eigenvalue weighted by atomic mass is 32.2. The van der Waals surface area contributed by atoms with Crippen molar-refractivity contribution in [2.45, 2.75) is 17.4 Å². The lowest BCUT2D eigenvalue weighted by molar-refractivity contribution is -0.125. The number of carbonyl (C=O) groups excluding carboxylic acids is 1. The molecule has 0 aliphatic carbocycles. The molecule has 1 aromatic carbocycles. The van der Waals surface area contributed by atoms with Crippen LogP contribution in [0.4, 0.5) is 5.00 Å². The summed E-state index contributed by atoms with van der Waals surface area (Å²) in [5.74, 6) is -0.410. The fraction of sp³-hybridized carbons (Fsp3) is 0.200. The Morgan fingerprint density at radius 1 is 1.30 bits per heavy atom. The predicted octanol–water partition coefficient (Wildman–Crippen LogP) is 2.28. The quantitative estimate of drug-likeness (QED) is 0.917. The average Bonchev–Trinajstić information content (AvgIpc) is 3.16. The minimum Gasteiger partial charge on any atom is -0.382 e. The third-order valence-corrected chi connectivity index (χ3v) is 5.43. The Balaban J connectivity index is 1.69. The Bertz CT molecular complexity index is 857. The molecule has 1 aliphatic heterocycles. The minimum atomic E-state index is -3.39. The van der Waals surface area contributed by atoms with E-state index in [9.17, 15) is 13.2 Å². The van der Waals surface area contributed by atoms with Gasteiger partial charge in [0.25, 0.3) is 5.91 Å². The van der Waals surface area contributed by atoms with E-state index in [1.165, 1.54) is 6.07 Å². The third-order valence-electron chi connectivity index (χ3n) is 3.33. The van der Waals surface area contributed by atoms with E-state index >= 15 is 0 Å². The number of nitrogens with one attached hydrogen (secondary N) is 1. The molecule has 8 heteroatoms. The van der Waals surface area contributed by atoms with E-state index < -0.39 is 21.8 Å². The Kier molecular flexibility index (Phi) is 4.18. The zero-order valence-corrected chi connectivity index (χ0v) is 13.9. The van der Waals surface area contributed by atoms with Crippen LogP contribution in [0.1, 0.15) is 12.0 Å². The molecule has 1 aromatic heterocycles. The lowest BCUT2D eigenvalue weighted by Crippen LogP contribution is -2.28. The molecule has 0 saturated carbocycles. The molecular weight excluding hydrogens is 336 g/mol. The fourth-order valence-corrected chi connectivity index (χ4v) is 4.26. The number of hydrogen-bond donors (Lipinski definition) is 1. The molecule has 0 saturated heterocycles. The Labute approximate surface area is 137 Å². The van der Waals surface area contributed by atoms with Gasteiger partial charge in [-0.1, -0.05) is 35.5 Å². The van der Waals surface area contributed by atoms with Gasteiger partial charge in [-0.05, 0) is 17.0 Å². The van der Waals surface area contributed by atoms with Crippen LogP contribution in [0.2, 0.25) is 0 Å². The van der Waals surface area contributed by atoms with Crippen LogP contribution in [0.3, 0.4) is 0 Å². The van der Waals surface area contributed by atoms with E-state index in [1.54, 1.807) is 5.38 Å². The molecule has 1 aliphatic rings. The van der Waals surface area contributed by atoms with E-state index in [0.717, 1.165) is 23.2 Å². The van der Waals surface area contributed by atoms with Crippen LogP contribution in [-0.2, 0) is 19.5 Å². The van der Waals surface area contributed by atoms with Gasteiger partial charge in [-0.25, -0.2) is 8.42 Å². The van der Waals surface area contributed by atoms with Crippen LogP contribution in [-0.4, -0.2) is 32.4 Å². The van der Waals surface area contributed by atoms with Gasteiger partial charge in [0.1, 0.15) is 9.90 Å². The number of benzene rings is 1. The van der Waals surface area contributed by atoms with Gasteiger partial charge in [-0.15, -0.1) is 11.3 Å². The van der Waals surface area contributed by atoms with Crippen LogP contribution in [0.15, 0.2) is 51.8 Å². The molecule has 0 spiro atoms. The van der Waals surface area contributed by atoms with E-state index in [2.05, 4.69) is 10.5 Å². The second-order valence-corrected chi connectivity index (χ2v) is 7.98. The summed E-state index contributed by atoms with van der Waals surface area (Å²) in [7, 11) is -3.39. The first-order valence-corrected chi connectivity index (χ1v) is 9.59. The first-order valence-electron chi connectivity index (χ1n) is 6.81. The molecule has 120 valence electrons. The van der Waals surface area contributed by atoms with E-state index in [-0.39, 0.29) is 4.90 Å². The molecule has 2 aromatic rings. The molecule has 6 nitrogen and oxygen atoms in total. The van der Waals surface area contributed by atoms with Crippen LogP contribution < -0.4 is 5.32 Å². The number of oxime groups is 1. The topological polar surface area (TPSA) is 84.8 Å². The van der Waals surface area contributed by atoms with Crippen molar-refractivity contribution in [3.8, 4) is 0 Å². The van der Waals surface area contributed by atoms with Gasteiger partial charge in [-0.3, -0.25) is 4.79 Å². The maximum atomic E-state index is 12.3. The summed E-state index contributed by atoms with van der Waals surface area (Å²) in [6.07, 6.45) is 0.683. The zero-order valence-electron chi connectivity index (χ0n) is 12.2. The first-order chi connectivity index (χ1) is 10.9. The minimum absolute atomic E-state index is 0.109. The molecule has 23 heavy (non-hydrogen) atoms. The van der Waals surface area contributed by atoms with Crippen molar-refractivity contribution in [1.29, 1.82) is 0 Å². The van der Waals surface area contributed by atoms with Crippen LogP contribution in [0, 0.1) is 0 Å². The zero-order chi connectivity index (χ0) is 16.4. The SMILES string of the molecule is CS(=O)(=O)c1ccsc1NC(=O)[C@H]1CC(c2ccccc2)=NO1. The highest BCUT2D eigenvalue weighted by Gasteiger charge is 2.30. The van der Waals surface area contributed by atoms with Crippen molar-refractivity contribution < 1.29 is 18.0 Å². The monoisotopic (exact) mass is 350 g/mol. The molecule has 1 N–H and O–H groups in total. The maximum Gasteiger partial charge on any atom is 0.269 e. The van der Waals surface area contributed by atoms with Crippen LogP contribution in [0.25, 0.3) is 0 Å². The smallest absolute Gasteiger partial charge is 0.269 e. The molecule has 2 heterocycles. The molecular formula is C15H14N2O4S2. The van der Waals surface area contributed by atoms with Gasteiger partial charge in [0.2, 0.25) is 6.10 Å². The summed E-state index contributed by atoms with van der Waals surface area (Å²) < 4.78 is 23.3. The molecule has 3 rings (SSSR count). The number of hydrogen-bond acceptors (Lipinski definition) is 6. The van der Waals surface area contributed by atoms with Crippen molar-refractivity contribution in [1.82, 2.24) is 0 Å². The fourth-order valence-electron chi connectivity index (χ4n) is 2.19. The first kappa shape index (κ1) is 15.7. The largest absolute Gasteiger partial charge is 0.382 e. The Hall–Kier alpha value is -2.19. The number of rotatable bonds is 4. The van der Waals surface area contributed by atoms with E-state index in [0.29, 0.717) is 17.1 Å². The average molecular weight is 350 g/mol. The normalized spacial score (nSPS) is 17.4. The lowest BCUT2D eigenvalue weighted by Gasteiger charge is -2.09. The predicted molar refractivity (Wildman–Crippen MR) is 88.5 cm³/mol. The molecule has 0 radical (unpaired) electrons. The number of amides is 1. The number of nitrogens with zero attached hydrogens (tertiary/aromatic N) is 1. The standard InChI is InChI=1S/C15H14N2O4S2/c1-23(19,20)13-7-8-22-15(13)16-14(18)12-9-11(17-21-12)10-5-3-2-4-6-10/h2-8,12H,9H2,1H3,(H,16,18)/t12-/m1/s1. The Morgan fingerprint density at radius 3 is 2.74 bits per heavy atom. The lowest BCUT2D eigenvalue weighted by atomic mass is 10.1. The number of anilines is 1. The van der Waals surface area contributed by atoms with Gasteiger partial charge >= 0.3 is 0 Å². The Morgan fingerprint density at radius 2 is 2.04 bits per heavy atom. The molecule has 0 bridgehead atoms. The summed E-state index contributed by atoms with van der Waals surface area (Å²) in [6.45, 7) is 0. The van der Waals surface area contributed by atoms with Crippen molar-refractivity contribution in [2.75, 3.05) is 11.6 Å². The second kappa shape index (κ2) is 6.13. The summed E-state index contributed by atoms with van der Waals surface area (Å²) in [4.78, 5) is 17.6. The van der Waals surface area contributed by atoms with E-state index in [4.69, 9.17) is 4.84 Å². The van der Waals surface area contributed by atoms with Crippen LogP contribution in [0.5, 0.6) is 0 Å². The summed E-state index contributed by atoms with van der Waals surface area (Å²) in [5.41, 5.74) is 1.59. The summed E-state index contributed by atoms with van der Waals surface area (Å²) in [6, 6.07) is 10.9. The van der Waals surface area contributed by atoms with Crippen molar-refractivity contribution in [2.24, 2.45) is 5.16 Å². The maximum absolute atomic E-state index is 12.3. The van der Waals surface area contributed by atoms with Gasteiger partial charge in [0.05, 0.1) is 5.71 Å². The summed E-state index contributed by atoms with van der Waals surface area (Å²) >= 11 is 1.16. The second-order valence-electron chi connectivity index (χ2n) is 5.08. The van der Waals surface area contributed by atoms with Crippen molar-refractivity contribution in [3.05, 3.63) is 47.3 Å². The number of carbonyl (C=O) groups is 1. The number of sulfone groups is 1. The van der Waals surface area contributed by atoms with Crippen LogP contribution >= 0.6 is 11.3 Å². The van der Waals surface area contributed by atoms with Crippen molar-refractivity contribution in [3.63, 3.8) is 0 Å². The molecule has 1 amide bonds. The van der Waals surface area contributed by atoms with Gasteiger partial charge < -0.3 is 10.2 Å². The van der Waals surface area contributed by atoms with Crippen molar-refractivity contribution >= 4 is 37.8 Å². The highest BCUT2D eigenvalue weighted by molar-refractivity contribution is 7.91. The van der Waals surface area contributed by atoms with Gasteiger partial charge in [0, 0.05) is 12.7 Å². The third kappa shape index (κ3) is 3.43. The van der Waals surface area contributed by atoms with E-state index in [1.807, 2.05) is 30.3 Å².